The summed E-state index contributed by atoms with van der Waals surface area (Å²) in [4.78, 5) is 23.4. The quantitative estimate of drug-likeness (QED) is 0.773. The number of amides is 1. The fourth-order valence-corrected chi connectivity index (χ4v) is 2.44. The first-order valence-corrected chi connectivity index (χ1v) is 7.75. The van der Waals surface area contributed by atoms with Gasteiger partial charge in [-0.2, -0.15) is 0 Å². The highest BCUT2D eigenvalue weighted by Gasteiger charge is 2.07. The van der Waals surface area contributed by atoms with Gasteiger partial charge in [-0.1, -0.05) is 30.1 Å². The van der Waals surface area contributed by atoms with Crippen LogP contribution in [0.15, 0.2) is 42.5 Å². The lowest BCUT2D eigenvalue weighted by Gasteiger charge is -2.08. The number of nitrogens with one attached hydrogen (secondary N) is 1. The third-order valence-electron chi connectivity index (χ3n) is 3.01. The van der Waals surface area contributed by atoms with E-state index in [4.69, 9.17) is 27.9 Å². The summed E-state index contributed by atoms with van der Waals surface area (Å²) in [5.74, 6) is 0.237. The Labute approximate surface area is 144 Å². The van der Waals surface area contributed by atoms with Gasteiger partial charge in [-0.25, -0.2) is 0 Å². The van der Waals surface area contributed by atoms with Gasteiger partial charge < -0.3 is 10.1 Å². The number of rotatable bonds is 6. The molecule has 0 bridgehead atoms. The molecule has 0 aliphatic rings. The maximum absolute atomic E-state index is 11.9. The van der Waals surface area contributed by atoms with Crippen molar-refractivity contribution in [1.29, 1.82) is 0 Å². The summed E-state index contributed by atoms with van der Waals surface area (Å²) in [7, 11) is 0. The first-order valence-electron chi connectivity index (χ1n) is 7.00. The van der Waals surface area contributed by atoms with Gasteiger partial charge in [0, 0.05) is 27.7 Å². The predicted octanol–water partition coefficient (Wildman–Crippen LogP) is 4.60. The predicted molar refractivity (Wildman–Crippen MR) is 91.7 cm³/mol. The molecular formula is C17H15Cl2NO3. The highest BCUT2D eigenvalue weighted by molar-refractivity contribution is 6.35. The van der Waals surface area contributed by atoms with Gasteiger partial charge in [-0.05, 0) is 42.5 Å². The van der Waals surface area contributed by atoms with E-state index in [1.165, 1.54) is 0 Å². The topological polar surface area (TPSA) is 55.4 Å². The number of carbonyl (C=O) groups is 2. The summed E-state index contributed by atoms with van der Waals surface area (Å²) < 4.78 is 5.38. The van der Waals surface area contributed by atoms with Crippen LogP contribution in [0, 0.1) is 0 Å². The molecule has 0 aliphatic heterocycles. The van der Waals surface area contributed by atoms with Gasteiger partial charge in [0.15, 0.2) is 12.4 Å². The van der Waals surface area contributed by atoms with Crippen molar-refractivity contribution in [3.8, 4) is 5.75 Å². The molecule has 23 heavy (non-hydrogen) atoms. The second kappa shape index (κ2) is 7.99. The van der Waals surface area contributed by atoms with Gasteiger partial charge in [-0.3, -0.25) is 9.59 Å². The number of hydrogen-bond acceptors (Lipinski definition) is 3. The fraction of sp³-hybridized carbons (Fsp3) is 0.176. The van der Waals surface area contributed by atoms with Crippen LogP contribution in [0.3, 0.4) is 0 Å². The number of carbonyl (C=O) groups excluding carboxylic acids is 2. The van der Waals surface area contributed by atoms with Gasteiger partial charge in [0.25, 0.3) is 5.91 Å². The van der Waals surface area contributed by atoms with Crippen molar-refractivity contribution in [2.45, 2.75) is 13.3 Å². The maximum atomic E-state index is 11.9. The summed E-state index contributed by atoms with van der Waals surface area (Å²) in [5.41, 5.74) is 1.12. The minimum absolute atomic E-state index is 0.0622. The van der Waals surface area contributed by atoms with E-state index in [9.17, 15) is 9.59 Å². The van der Waals surface area contributed by atoms with Crippen molar-refractivity contribution in [2.24, 2.45) is 0 Å². The zero-order chi connectivity index (χ0) is 16.8. The molecule has 0 aromatic heterocycles. The molecule has 120 valence electrons. The second-order valence-electron chi connectivity index (χ2n) is 4.80. The lowest BCUT2D eigenvalue weighted by molar-refractivity contribution is -0.118. The fourth-order valence-electron chi connectivity index (χ4n) is 1.91. The van der Waals surface area contributed by atoms with Crippen molar-refractivity contribution in [3.63, 3.8) is 0 Å². The molecule has 0 fully saturated rings. The molecule has 1 amide bonds. The number of Topliss-reactive ketones (excluding diaryl/α,β-unsaturated/α-hetero) is 1. The largest absolute Gasteiger partial charge is 0.484 e. The summed E-state index contributed by atoms with van der Waals surface area (Å²) >= 11 is 11.7. The third kappa shape index (κ3) is 5.27. The first-order chi connectivity index (χ1) is 11.0. The Morgan fingerprint density at radius 2 is 1.65 bits per heavy atom. The lowest BCUT2D eigenvalue weighted by atomic mass is 10.1. The van der Waals surface area contributed by atoms with Gasteiger partial charge in [0.2, 0.25) is 0 Å². The highest BCUT2D eigenvalue weighted by atomic mass is 35.5. The molecule has 2 rings (SSSR count). The Hall–Kier alpha value is -2.04. The van der Waals surface area contributed by atoms with E-state index in [2.05, 4.69) is 5.32 Å². The van der Waals surface area contributed by atoms with Crippen molar-refractivity contribution >= 4 is 40.6 Å². The lowest BCUT2D eigenvalue weighted by Crippen LogP contribution is -2.20. The van der Waals surface area contributed by atoms with Crippen LogP contribution in [-0.2, 0) is 4.79 Å². The Morgan fingerprint density at radius 3 is 2.22 bits per heavy atom. The molecule has 0 unspecified atom stereocenters. The van der Waals surface area contributed by atoms with E-state index in [1.54, 1.807) is 49.4 Å². The number of benzene rings is 2. The van der Waals surface area contributed by atoms with Gasteiger partial charge in [0.1, 0.15) is 5.75 Å². The van der Waals surface area contributed by atoms with Crippen LogP contribution in [0.5, 0.6) is 5.75 Å². The summed E-state index contributed by atoms with van der Waals surface area (Å²) in [6, 6.07) is 11.4. The molecule has 0 atom stereocenters. The van der Waals surface area contributed by atoms with E-state index >= 15 is 0 Å². The molecule has 0 radical (unpaired) electrons. The molecule has 0 spiro atoms. The average molecular weight is 352 g/mol. The van der Waals surface area contributed by atoms with E-state index < -0.39 is 0 Å². The number of halogens is 2. The van der Waals surface area contributed by atoms with Crippen LogP contribution >= 0.6 is 23.2 Å². The number of ether oxygens (including phenoxy) is 1. The molecule has 1 N–H and O–H groups in total. The summed E-state index contributed by atoms with van der Waals surface area (Å²) in [6.07, 6.45) is 0.449. The smallest absolute Gasteiger partial charge is 0.262 e. The Kier molecular flexibility index (Phi) is 6.02. The van der Waals surface area contributed by atoms with Crippen LogP contribution in [0.1, 0.15) is 23.7 Å². The standard InChI is InChI=1S/C17H15Cl2NO3/c1-2-16(21)11-3-5-15(6-4-11)23-10-17(22)20-14-8-12(18)7-13(19)9-14/h3-9H,2,10H2,1H3,(H,20,22). The van der Waals surface area contributed by atoms with Crippen LogP contribution in [0.25, 0.3) is 0 Å². The molecule has 2 aromatic rings. The molecule has 4 nitrogen and oxygen atoms in total. The van der Waals surface area contributed by atoms with Crippen molar-refractivity contribution in [3.05, 3.63) is 58.1 Å². The van der Waals surface area contributed by atoms with Gasteiger partial charge >= 0.3 is 0 Å². The van der Waals surface area contributed by atoms with Crippen molar-refractivity contribution in [2.75, 3.05) is 11.9 Å². The van der Waals surface area contributed by atoms with Crippen LogP contribution in [0.4, 0.5) is 5.69 Å². The first kappa shape index (κ1) is 17.3. The van der Waals surface area contributed by atoms with Gasteiger partial charge in [-0.15, -0.1) is 0 Å². The monoisotopic (exact) mass is 351 g/mol. The number of ketones is 1. The Balaban J connectivity index is 1.90. The number of anilines is 1. The summed E-state index contributed by atoms with van der Waals surface area (Å²) in [6.45, 7) is 1.64. The Morgan fingerprint density at radius 1 is 1.04 bits per heavy atom. The van der Waals surface area contributed by atoms with Crippen LogP contribution < -0.4 is 10.1 Å². The SMILES string of the molecule is CCC(=O)c1ccc(OCC(=O)Nc2cc(Cl)cc(Cl)c2)cc1. The normalized spacial score (nSPS) is 10.2. The average Bonchev–Trinajstić information content (AvgIpc) is 2.51. The maximum Gasteiger partial charge on any atom is 0.262 e. The molecule has 2 aromatic carbocycles. The molecular weight excluding hydrogens is 337 g/mol. The summed E-state index contributed by atoms with van der Waals surface area (Å²) in [5, 5.41) is 3.52. The molecule has 0 heterocycles. The minimum atomic E-state index is -0.336. The molecule has 0 aliphatic carbocycles. The zero-order valence-electron chi connectivity index (χ0n) is 12.4. The Bertz CT molecular complexity index is 694. The van der Waals surface area contributed by atoms with Crippen LogP contribution in [0.2, 0.25) is 10.0 Å². The second-order valence-corrected chi connectivity index (χ2v) is 5.67. The van der Waals surface area contributed by atoms with Crippen molar-refractivity contribution < 1.29 is 14.3 Å². The number of hydrogen-bond donors (Lipinski definition) is 1. The molecule has 6 heteroatoms. The zero-order valence-corrected chi connectivity index (χ0v) is 13.9. The molecule has 0 saturated heterocycles. The van der Waals surface area contributed by atoms with Crippen molar-refractivity contribution in [1.82, 2.24) is 0 Å². The van der Waals surface area contributed by atoms with Crippen LogP contribution in [-0.4, -0.2) is 18.3 Å². The van der Waals surface area contributed by atoms with E-state index in [0.717, 1.165) is 0 Å². The third-order valence-corrected chi connectivity index (χ3v) is 3.45. The van der Waals surface area contributed by atoms with E-state index in [0.29, 0.717) is 33.5 Å². The van der Waals surface area contributed by atoms with Gasteiger partial charge in [0.05, 0.1) is 0 Å². The van der Waals surface area contributed by atoms with E-state index in [-0.39, 0.29) is 18.3 Å². The highest BCUT2D eigenvalue weighted by Crippen LogP contribution is 2.22. The minimum Gasteiger partial charge on any atom is -0.484 e. The van der Waals surface area contributed by atoms with E-state index in [1.807, 2.05) is 0 Å². The molecule has 0 saturated carbocycles.